The van der Waals surface area contributed by atoms with Crippen molar-refractivity contribution in [3.63, 3.8) is 0 Å². The third-order valence-corrected chi connectivity index (χ3v) is 5.54. The van der Waals surface area contributed by atoms with Gasteiger partial charge >= 0.3 is 0 Å². The summed E-state index contributed by atoms with van der Waals surface area (Å²) in [7, 11) is 5.24. The van der Waals surface area contributed by atoms with Crippen LogP contribution >= 0.6 is 11.3 Å². The number of aromatic nitrogens is 4. The van der Waals surface area contributed by atoms with Crippen LogP contribution in [0.2, 0.25) is 0 Å². The second kappa shape index (κ2) is 6.17. The fourth-order valence-corrected chi connectivity index (χ4v) is 4.12. The molecular weight excluding hydrogens is 352 g/mol. The van der Waals surface area contributed by atoms with Crippen molar-refractivity contribution in [1.29, 1.82) is 0 Å². The minimum absolute atomic E-state index is 0.147. The molecule has 0 radical (unpaired) electrons. The van der Waals surface area contributed by atoms with Crippen LogP contribution in [0, 0.1) is 0 Å². The highest BCUT2D eigenvalue weighted by Gasteiger charge is 2.39. The minimum atomic E-state index is -0.685. The van der Waals surface area contributed by atoms with Crippen molar-refractivity contribution in [3.8, 4) is 0 Å². The summed E-state index contributed by atoms with van der Waals surface area (Å²) < 4.78 is 1.77. The molecule has 1 aliphatic rings. The SMILES string of the molecule is CN(C)C(=O)C1c2cnn(C)c2CCN1C(=O)c1nc2cccnc2s1. The third-order valence-electron chi connectivity index (χ3n) is 4.57. The molecule has 1 unspecified atom stereocenters. The lowest BCUT2D eigenvalue weighted by Gasteiger charge is -2.35. The Morgan fingerprint density at radius 2 is 2.15 bits per heavy atom. The van der Waals surface area contributed by atoms with Crippen LogP contribution < -0.4 is 0 Å². The summed E-state index contributed by atoms with van der Waals surface area (Å²) >= 11 is 1.25. The molecule has 0 saturated carbocycles. The Labute approximate surface area is 154 Å². The van der Waals surface area contributed by atoms with E-state index in [1.165, 1.54) is 16.2 Å². The number of amides is 2. The van der Waals surface area contributed by atoms with Gasteiger partial charge in [-0.25, -0.2) is 9.97 Å². The van der Waals surface area contributed by atoms with Crippen molar-refractivity contribution in [2.75, 3.05) is 20.6 Å². The van der Waals surface area contributed by atoms with Crippen LogP contribution in [-0.2, 0) is 18.3 Å². The molecule has 9 heteroatoms. The maximum atomic E-state index is 13.2. The Morgan fingerprint density at radius 1 is 1.35 bits per heavy atom. The van der Waals surface area contributed by atoms with Gasteiger partial charge in [0.2, 0.25) is 5.91 Å². The summed E-state index contributed by atoms with van der Waals surface area (Å²) in [5.74, 6) is -0.394. The van der Waals surface area contributed by atoms with Crippen molar-refractivity contribution in [3.05, 3.63) is 40.8 Å². The summed E-state index contributed by atoms with van der Waals surface area (Å²) in [5.41, 5.74) is 2.46. The highest BCUT2D eigenvalue weighted by atomic mass is 32.1. The van der Waals surface area contributed by atoms with Crippen molar-refractivity contribution in [1.82, 2.24) is 29.5 Å². The zero-order valence-electron chi connectivity index (χ0n) is 14.7. The second-order valence-corrected chi connectivity index (χ2v) is 7.38. The molecule has 0 aliphatic carbocycles. The van der Waals surface area contributed by atoms with Gasteiger partial charge in [-0.05, 0) is 12.1 Å². The molecule has 4 rings (SSSR count). The quantitative estimate of drug-likeness (QED) is 0.678. The van der Waals surface area contributed by atoms with Crippen LogP contribution in [0.3, 0.4) is 0 Å². The molecule has 0 aromatic carbocycles. The van der Waals surface area contributed by atoms with Crippen molar-refractivity contribution in [2.45, 2.75) is 12.5 Å². The number of thiazole rings is 1. The first-order chi connectivity index (χ1) is 12.5. The van der Waals surface area contributed by atoms with Crippen LogP contribution in [-0.4, -0.2) is 62.0 Å². The number of hydrogen-bond acceptors (Lipinski definition) is 6. The summed E-state index contributed by atoms with van der Waals surface area (Å²) in [4.78, 5) is 38.5. The van der Waals surface area contributed by atoms with Gasteiger partial charge in [0.1, 0.15) is 16.4 Å². The van der Waals surface area contributed by atoms with Gasteiger partial charge in [-0.3, -0.25) is 14.3 Å². The third kappa shape index (κ3) is 2.55. The van der Waals surface area contributed by atoms with Gasteiger partial charge in [-0.1, -0.05) is 11.3 Å². The lowest BCUT2D eigenvalue weighted by Crippen LogP contribution is -2.47. The van der Waals surface area contributed by atoms with Gasteiger partial charge in [0.15, 0.2) is 5.01 Å². The maximum Gasteiger partial charge on any atom is 0.283 e. The number of nitrogens with zero attached hydrogens (tertiary/aromatic N) is 6. The van der Waals surface area contributed by atoms with E-state index in [2.05, 4.69) is 15.1 Å². The predicted octanol–water partition coefficient (Wildman–Crippen LogP) is 1.25. The Balaban J connectivity index is 1.76. The molecular formula is C17H18N6O2S. The standard InChI is InChI=1S/C17H18N6O2S/c1-21(2)16(24)13-10-9-19-22(3)12(10)6-8-23(13)17(25)15-20-11-5-4-7-18-14(11)26-15/h4-5,7,9,13H,6,8H2,1-3H3. The molecule has 0 fully saturated rings. The molecule has 3 aromatic heterocycles. The Morgan fingerprint density at radius 3 is 2.88 bits per heavy atom. The van der Waals surface area contributed by atoms with Crippen molar-refractivity contribution < 1.29 is 9.59 Å². The molecule has 1 aliphatic heterocycles. The smallest absolute Gasteiger partial charge is 0.283 e. The summed E-state index contributed by atoms with van der Waals surface area (Å²) in [6, 6.07) is 2.93. The average molecular weight is 370 g/mol. The fourth-order valence-electron chi connectivity index (χ4n) is 3.25. The largest absolute Gasteiger partial charge is 0.347 e. The zero-order chi connectivity index (χ0) is 18.4. The topological polar surface area (TPSA) is 84.2 Å². The van der Waals surface area contributed by atoms with Crippen molar-refractivity contribution in [2.24, 2.45) is 7.05 Å². The number of carbonyl (C=O) groups is 2. The summed E-state index contributed by atoms with van der Waals surface area (Å²) in [5, 5.41) is 4.63. The number of hydrogen-bond donors (Lipinski definition) is 0. The fraction of sp³-hybridized carbons (Fsp3) is 0.353. The molecule has 134 valence electrons. The molecule has 26 heavy (non-hydrogen) atoms. The van der Waals surface area contributed by atoms with E-state index < -0.39 is 6.04 Å². The molecule has 8 nitrogen and oxygen atoms in total. The van der Waals surface area contributed by atoms with Crippen LogP contribution in [0.1, 0.15) is 27.1 Å². The van der Waals surface area contributed by atoms with Crippen LogP contribution in [0.5, 0.6) is 0 Å². The summed E-state index contributed by atoms with van der Waals surface area (Å²) in [6.07, 6.45) is 4.01. The Hall–Kier alpha value is -2.81. The molecule has 1 atom stereocenters. The number of aryl methyl sites for hydroxylation is 1. The minimum Gasteiger partial charge on any atom is -0.347 e. The highest BCUT2D eigenvalue weighted by Crippen LogP contribution is 2.33. The number of rotatable bonds is 2. The van der Waals surface area contributed by atoms with Gasteiger partial charge in [-0.2, -0.15) is 5.10 Å². The van der Waals surface area contributed by atoms with Gasteiger partial charge in [-0.15, -0.1) is 0 Å². The van der Waals surface area contributed by atoms with E-state index in [1.54, 1.807) is 42.1 Å². The van der Waals surface area contributed by atoms with Gasteiger partial charge in [0, 0.05) is 51.6 Å². The number of carbonyl (C=O) groups excluding carboxylic acids is 2. The highest BCUT2D eigenvalue weighted by molar-refractivity contribution is 7.19. The normalized spacial score (nSPS) is 16.6. The zero-order valence-corrected chi connectivity index (χ0v) is 15.5. The van der Waals surface area contributed by atoms with Crippen molar-refractivity contribution >= 4 is 33.5 Å². The van der Waals surface area contributed by atoms with Gasteiger partial charge < -0.3 is 9.80 Å². The molecule has 0 N–H and O–H groups in total. The van der Waals surface area contributed by atoms with E-state index in [0.717, 1.165) is 11.3 Å². The summed E-state index contributed by atoms with van der Waals surface area (Å²) in [6.45, 7) is 0.443. The number of pyridine rings is 1. The Kier molecular flexibility index (Phi) is 3.95. The van der Waals surface area contributed by atoms with Crippen LogP contribution in [0.25, 0.3) is 10.3 Å². The molecule has 0 spiro atoms. The first-order valence-corrected chi connectivity index (χ1v) is 9.03. The first kappa shape index (κ1) is 16.6. The molecule has 2 amide bonds. The van der Waals surface area contributed by atoms with Gasteiger partial charge in [0.25, 0.3) is 5.91 Å². The number of fused-ring (bicyclic) bond motifs is 2. The van der Waals surface area contributed by atoms with E-state index in [1.807, 2.05) is 13.1 Å². The van der Waals surface area contributed by atoms with E-state index in [4.69, 9.17) is 0 Å². The molecule has 4 heterocycles. The Bertz CT molecular complexity index is 975. The van der Waals surface area contributed by atoms with E-state index in [0.29, 0.717) is 28.3 Å². The van der Waals surface area contributed by atoms with E-state index in [9.17, 15) is 9.59 Å². The molecule has 0 bridgehead atoms. The predicted molar refractivity (Wildman–Crippen MR) is 96.8 cm³/mol. The molecule has 3 aromatic rings. The average Bonchev–Trinajstić information content (AvgIpc) is 3.23. The molecule has 0 saturated heterocycles. The lowest BCUT2D eigenvalue weighted by molar-refractivity contribution is -0.134. The maximum absolute atomic E-state index is 13.2. The monoisotopic (exact) mass is 370 g/mol. The van der Waals surface area contributed by atoms with Crippen LogP contribution in [0.15, 0.2) is 24.5 Å². The van der Waals surface area contributed by atoms with Crippen LogP contribution in [0.4, 0.5) is 0 Å². The number of likely N-dealkylation sites (N-methyl/N-ethyl adjacent to an activating group) is 1. The van der Waals surface area contributed by atoms with E-state index >= 15 is 0 Å². The lowest BCUT2D eigenvalue weighted by atomic mass is 9.97. The first-order valence-electron chi connectivity index (χ1n) is 8.22. The second-order valence-electron chi connectivity index (χ2n) is 6.40. The van der Waals surface area contributed by atoms with E-state index in [-0.39, 0.29) is 11.8 Å². The van der Waals surface area contributed by atoms with Gasteiger partial charge in [0.05, 0.1) is 6.20 Å².